The highest BCUT2D eigenvalue weighted by Gasteiger charge is 2.26. The minimum absolute atomic E-state index is 0.533. The largest absolute Gasteiger partial charge is 0.346 e. The SMILES string of the molecule is CCCN(c1nc2c(s1)C(NCC)CCC2)C(C)C. The van der Waals surface area contributed by atoms with Crippen molar-refractivity contribution in [1.29, 1.82) is 0 Å². The molecule has 0 spiro atoms. The van der Waals surface area contributed by atoms with E-state index in [0.29, 0.717) is 12.1 Å². The lowest BCUT2D eigenvalue weighted by Gasteiger charge is -2.25. The topological polar surface area (TPSA) is 28.2 Å². The van der Waals surface area contributed by atoms with Gasteiger partial charge in [-0.3, -0.25) is 0 Å². The Labute approximate surface area is 121 Å². The molecule has 1 heterocycles. The summed E-state index contributed by atoms with van der Waals surface area (Å²) in [4.78, 5) is 8.87. The third-order valence-electron chi connectivity index (χ3n) is 3.72. The first-order valence-electron chi connectivity index (χ1n) is 7.67. The molecular formula is C15H27N3S. The molecule has 0 radical (unpaired) electrons. The number of hydrogen-bond acceptors (Lipinski definition) is 4. The number of anilines is 1. The van der Waals surface area contributed by atoms with E-state index in [9.17, 15) is 0 Å². The maximum absolute atomic E-state index is 4.93. The summed E-state index contributed by atoms with van der Waals surface area (Å²) in [5.74, 6) is 0. The average Bonchev–Trinajstić information content (AvgIpc) is 2.80. The second-order valence-electron chi connectivity index (χ2n) is 5.60. The summed E-state index contributed by atoms with van der Waals surface area (Å²) in [6, 6.07) is 1.07. The molecular weight excluding hydrogens is 254 g/mol. The van der Waals surface area contributed by atoms with Gasteiger partial charge in [-0.25, -0.2) is 4.98 Å². The van der Waals surface area contributed by atoms with Crippen molar-refractivity contribution in [2.24, 2.45) is 0 Å². The predicted molar refractivity (Wildman–Crippen MR) is 84.2 cm³/mol. The Bertz CT molecular complexity index is 400. The summed E-state index contributed by atoms with van der Waals surface area (Å²) in [5, 5.41) is 4.83. The van der Waals surface area contributed by atoms with Gasteiger partial charge in [-0.15, -0.1) is 0 Å². The van der Waals surface area contributed by atoms with Crippen molar-refractivity contribution >= 4 is 16.5 Å². The Hall–Kier alpha value is -0.610. The van der Waals surface area contributed by atoms with E-state index in [2.05, 4.69) is 37.9 Å². The van der Waals surface area contributed by atoms with E-state index in [1.165, 1.54) is 35.0 Å². The van der Waals surface area contributed by atoms with Crippen molar-refractivity contribution in [3.05, 3.63) is 10.6 Å². The Kier molecular flexibility index (Phi) is 5.22. The lowest BCUT2D eigenvalue weighted by molar-refractivity contribution is 0.476. The number of nitrogens with one attached hydrogen (secondary N) is 1. The number of rotatable bonds is 6. The number of aryl methyl sites for hydroxylation is 1. The number of aromatic nitrogens is 1. The van der Waals surface area contributed by atoms with Crippen LogP contribution in [-0.4, -0.2) is 24.1 Å². The molecule has 1 atom stereocenters. The number of thiazole rings is 1. The second kappa shape index (κ2) is 6.71. The van der Waals surface area contributed by atoms with E-state index in [-0.39, 0.29) is 0 Å². The zero-order valence-electron chi connectivity index (χ0n) is 12.7. The van der Waals surface area contributed by atoms with Gasteiger partial charge in [-0.2, -0.15) is 0 Å². The minimum Gasteiger partial charge on any atom is -0.346 e. The molecule has 0 aliphatic heterocycles. The first-order valence-corrected chi connectivity index (χ1v) is 8.48. The lowest BCUT2D eigenvalue weighted by atomic mass is 9.98. The van der Waals surface area contributed by atoms with Gasteiger partial charge in [-0.1, -0.05) is 25.2 Å². The van der Waals surface area contributed by atoms with E-state index in [1.54, 1.807) is 0 Å². The fourth-order valence-corrected chi connectivity index (χ4v) is 4.17. The summed E-state index contributed by atoms with van der Waals surface area (Å²) in [6.07, 6.45) is 4.87. The number of fused-ring (bicyclic) bond motifs is 1. The van der Waals surface area contributed by atoms with Gasteiger partial charge in [0.05, 0.1) is 5.69 Å². The van der Waals surface area contributed by atoms with E-state index >= 15 is 0 Å². The van der Waals surface area contributed by atoms with Gasteiger partial charge in [0.1, 0.15) is 0 Å². The van der Waals surface area contributed by atoms with E-state index in [1.807, 2.05) is 11.3 Å². The lowest BCUT2D eigenvalue weighted by Crippen LogP contribution is -2.31. The molecule has 4 heteroatoms. The quantitative estimate of drug-likeness (QED) is 0.860. The third kappa shape index (κ3) is 3.29. The van der Waals surface area contributed by atoms with Crippen molar-refractivity contribution in [3.63, 3.8) is 0 Å². The van der Waals surface area contributed by atoms with Crippen LogP contribution in [0.3, 0.4) is 0 Å². The first-order chi connectivity index (χ1) is 9.17. The van der Waals surface area contributed by atoms with Crippen LogP contribution in [0.5, 0.6) is 0 Å². The van der Waals surface area contributed by atoms with Crippen LogP contribution in [0, 0.1) is 0 Å². The van der Waals surface area contributed by atoms with Crippen LogP contribution in [0.4, 0.5) is 5.13 Å². The molecule has 1 N–H and O–H groups in total. The van der Waals surface area contributed by atoms with Gasteiger partial charge >= 0.3 is 0 Å². The van der Waals surface area contributed by atoms with Crippen molar-refractivity contribution < 1.29 is 0 Å². The molecule has 1 aromatic rings. The van der Waals surface area contributed by atoms with E-state index in [4.69, 9.17) is 4.98 Å². The van der Waals surface area contributed by atoms with Gasteiger partial charge in [0.15, 0.2) is 5.13 Å². The van der Waals surface area contributed by atoms with Crippen molar-refractivity contribution in [1.82, 2.24) is 10.3 Å². The highest BCUT2D eigenvalue weighted by molar-refractivity contribution is 7.15. The zero-order chi connectivity index (χ0) is 13.8. The molecule has 0 aromatic carbocycles. The third-order valence-corrected chi connectivity index (χ3v) is 4.97. The fraction of sp³-hybridized carbons (Fsp3) is 0.800. The van der Waals surface area contributed by atoms with Crippen molar-refractivity contribution in [2.45, 2.75) is 65.5 Å². The highest BCUT2D eigenvalue weighted by Crippen LogP contribution is 2.38. The van der Waals surface area contributed by atoms with Crippen LogP contribution in [0.1, 0.15) is 63.6 Å². The zero-order valence-corrected chi connectivity index (χ0v) is 13.5. The normalized spacial score (nSPS) is 18.7. The molecule has 0 bridgehead atoms. The summed E-state index contributed by atoms with van der Waals surface area (Å²) in [6.45, 7) is 11.1. The molecule has 0 amide bonds. The van der Waals surface area contributed by atoms with E-state index < -0.39 is 0 Å². The highest BCUT2D eigenvalue weighted by atomic mass is 32.1. The molecule has 2 rings (SSSR count). The molecule has 19 heavy (non-hydrogen) atoms. The molecule has 1 aliphatic rings. The Morgan fingerprint density at radius 2 is 2.21 bits per heavy atom. The second-order valence-corrected chi connectivity index (χ2v) is 6.61. The van der Waals surface area contributed by atoms with Crippen LogP contribution in [0.2, 0.25) is 0 Å². The molecule has 1 aromatic heterocycles. The minimum atomic E-state index is 0.533. The van der Waals surface area contributed by atoms with Crippen LogP contribution in [0.25, 0.3) is 0 Å². The number of hydrogen-bond donors (Lipinski definition) is 1. The van der Waals surface area contributed by atoms with Gasteiger partial charge in [0, 0.05) is 23.5 Å². The molecule has 1 aliphatic carbocycles. The van der Waals surface area contributed by atoms with Crippen LogP contribution in [-0.2, 0) is 6.42 Å². The molecule has 108 valence electrons. The Morgan fingerprint density at radius 3 is 2.84 bits per heavy atom. The monoisotopic (exact) mass is 281 g/mol. The van der Waals surface area contributed by atoms with Crippen molar-refractivity contribution in [2.75, 3.05) is 18.0 Å². The molecule has 0 saturated carbocycles. The molecule has 0 fully saturated rings. The van der Waals surface area contributed by atoms with Gasteiger partial charge in [0.25, 0.3) is 0 Å². The number of nitrogens with zero attached hydrogens (tertiary/aromatic N) is 2. The molecule has 0 saturated heterocycles. The van der Waals surface area contributed by atoms with E-state index in [0.717, 1.165) is 19.5 Å². The van der Waals surface area contributed by atoms with Crippen LogP contribution < -0.4 is 10.2 Å². The maximum Gasteiger partial charge on any atom is 0.186 e. The van der Waals surface area contributed by atoms with Crippen LogP contribution in [0.15, 0.2) is 0 Å². The predicted octanol–water partition coefficient (Wildman–Crippen LogP) is 3.75. The van der Waals surface area contributed by atoms with Crippen molar-refractivity contribution in [3.8, 4) is 0 Å². The Morgan fingerprint density at radius 1 is 1.42 bits per heavy atom. The van der Waals surface area contributed by atoms with Crippen LogP contribution >= 0.6 is 11.3 Å². The van der Waals surface area contributed by atoms with Gasteiger partial charge < -0.3 is 10.2 Å². The van der Waals surface area contributed by atoms with Gasteiger partial charge in [0.2, 0.25) is 0 Å². The summed E-state index contributed by atoms with van der Waals surface area (Å²) < 4.78 is 0. The summed E-state index contributed by atoms with van der Waals surface area (Å²) in [5.41, 5.74) is 1.35. The summed E-state index contributed by atoms with van der Waals surface area (Å²) >= 11 is 1.91. The smallest absolute Gasteiger partial charge is 0.186 e. The molecule has 3 nitrogen and oxygen atoms in total. The Balaban J connectivity index is 2.24. The van der Waals surface area contributed by atoms with Gasteiger partial charge in [-0.05, 0) is 46.1 Å². The standard InChI is InChI=1S/C15H27N3S/c1-5-10-18(11(3)4)15-17-13-9-7-8-12(16-6-2)14(13)19-15/h11-12,16H,5-10H2,1-4H3. The molecule has 1 unspecified atom stereocenters. The maximum atomic E-state index is 4.93. The fourth-order valence-electron chi connectivity index (χ4n) is 2.79. The summed E-state index contributed by atoms with van der Waals surface area (Å²) in [7, 11) is 0. The first kappa shape index (κ1) is 14.8. The average molecular weight is 281 g/mol.